The van der Waals surface area contributed by atoms with Gasteiger partial charge in [-0.25, -0.2) is 26.4 Å². The van der Waals surface area contributed by atoms with Crippen LogP contribution in [0.4, 0.5) is 21.0 Å². The predicted molar refractivity (Wildman–Crippen MR) is 167 cm³/mol. The summed E-state index contributed by atoms with van der Waals surface area (Å²) in [6, 6.07) is 19.8. The number of nitrogens with two attached hydrogens (primary N) is 2. The number of rotatable bonds is 10. The van der Waals surface area contributed by atoms with E-state index < -0.39 is 32.1 Å². The average molecular weight is 649 g/mol. The third-order valence-electron chi connectivity index (χ3n) is 6.75. The molecule has 232 valence electrons. The van der Waals surface area contributed by atoms with Gasteiger partial charge < -0.3 is 11.5 Å². The number of ketones is 2. The number of carbonyl (C=O) groups excluding carboxylic acids is 4. The molecule has 0 aliphatic carbocycles. The molecule has 0 atom stereocenters. The molecule has 45 heavy (non-hydrogen) atoms. The molecule has 4 aromatic carbocycles. The summed E-state index contributed by atoms with van der Waals surface area (Å²) in [5.41, 5.74) is 12.9. The standard InChI is InChI=1S/C31H28N4O8S2/c1-20(36)24-7-15-28(16-8-24)44(40,41)34(30(32)38)26-11-3-22(4-12-26)19-23-5-13-27(14-6-23)35(31(33)39)45(42,43)29-17-9-25(10-18-29)21(2)37/h3-18H,19H2,1-2H3,(H2,32,38)(H2,33,39). The number of carbonyl (C=O) groups is 4. The number of Topliss-reactive ketones (excluding diaryl/α,β-unsaturated/α-hetero) is 2. The topological polar surface area (TPSA) is 195 Å². The summed E-state index contributed by atoms with van der Waals surface area (Å²) in [5.74, 6) is -0.494. The van der Waals surface area contributed by atoms with Gasteiger partial charge in [-0.1, -0.05) is 48.5 Å². The second kappa shape index (κ2) is 12.7. The van der Waals surface area contributed by atoms with Crippen LogP contribution in [-0.2, 0) is 26.5 Å². The summed E-state index contributed by atoms with van der Waals surface area (Å²) in [6.45, 7) is 2.68. The molecule has 0 aliphatic rings. The Morgan fingerprint density at radius 2 is 0.800 bits per heavy atom. The first-order valence-electron chi connectivity index (χ1n) is 13.2. The molecule has 0 radical (unpaired) electrons. The highest BCUT2D eigenvalue weighted by molar-refractivity contribution is 7.94. The van der Waals surface area contributed by atoms with Crippen molar-refractivity contribution in [3.8, 4) is 0 Å². The van der Waals surface area contributed by atoms with Gasteiger partial charge >= 0.3 is 12.1 Å². The molecule has 0 heterocycles. The number of urea groups is 2. The maximum atomic E-state index is 13.2. The number of primary amides is 2. The van der Waals surface area contributed by atoms with Crippen molar-refractivity contribution in [2.75, 3.05) is 8.61 Å². The molecule has 4 N–H and O–H groups in total. The minimum absolute atomic E-state index is 0.00381. The minimum Gasteiger partial charge on any atom is -0.350 e. The van der Waals surface area contributed by atoms with Crippen molar-refractivity contribution in [3.05, 3.63) is 119 Å². The maximum Gasteiger partial charge on any atom is 0.333 e. The first kappa shape index (κ1) is 32.6. The molecule has 0 aliphatic heterocycles. The summed E-state index contributed by atoms with van der Waals surface area (Å²) in [5, 5.41) is 0. The Bertz CT molecular complexity index is 1850. The Morgan fingerprint density at radius 1 is 0.511 bits per heavy atom. The van der Waals surface area contributed by atoms with Gasteiger partial charge in [-0.2, -0.15) is 8.61 Å². The lowest BCUT2D eigenvalue weighted by molar-refractivity contribution is 0.100. The summed E-state index contributed by atoms with van der Waals surface area (Å²) in [4.78, 5) is 47.1. The average Bonchev–Trinajstić information content (AvgIpc) is 2.98. The van der Waals surface area contributed by atoms with Gasteiger partial charge in [-0.05, 0) is 79.9 Å². The van der Waals surface area contributed by atoms with E-state index in [-0.39, 0.29) is 32.7 Å². The van der Waals surface area contributed by atoms with E-state index in [1.165, 1.54) is 86.6 Å². The van der Waals surface area contributed by atoms with Crippen molar-refractivity contribution in [1.29, 1.82) is 0 Å². The molecule has 0 unspecified atom stereocenters. The number of benzene rings is 4. The van der Waals surface area contributed by atoms with Crippen molar-refractivity contribution in [3.63, 3.8) is 0 Å². The van der Waals surface area contributed by atoms with E-state index in [1.54, 1.807) is 24.3 Å². The molecule has 4 aromatic rings. The van der Waals surface area contributed by atoms with Gasteiger partial charge in [-0.3, -0.25) is 9.59 Å². The van der Waals surface area contributed by atoms with Gasteiger partial charge in [0.1, 0.15) is 0 Å². The van der Waals surface area contributed by atoms with Gasteiger partial charge in [0.25, 0.3) is 20.0 Å². The first-order valence-corrected chi connectivity index (χ1v) is 16.1. The molecule has 12 nitrogen and oxygen atoms in total. The van der Waals surface area contributed by atoms with Crippen LogP contribution in [0.15, 0.2) is 107 Å². The summed E-state index contributed by atoms with van der Waals surface area (Å²) >= 11 is 0. The zero-order valence-corrected chi connectivity index (χ0v) is 25.7. The molecule has 0 spiro atoms. The summed E-state index contributed by atoms with van der Waals surface area (Å²) in [7, 11) is -8.77. The van der Waals surface area contributed by atoms with Gasteiger partial charge in [0.05, 0.1) is 21.2 Å². The normalized spacial score (nSPS) is 11.4. The molecule has 0 aromatic heterocycles. The lowest BCUT2D eigenvalue weighted by Crippen LogP contribution is -2.40. The SMILES string of the molecule is CC(=O)c1ccc(S(=O)(=O)N(C(N)=O)c2ccc(Cc3ccc(N(C(N)=O)S(=O)(=O)c4ccc(C(C)=O)cc4)cc3)cc2)cc1. The fourth-order valence-corrected chi connectivity index (χ4v) is 7.09. The summed E-state index contributed by atoms with van der Waals surface area (Å²) < 4.78 is 53.8. The fourth-order valence-electron chi connectivity index (χ4n) is 4.44. The Balaban J connectivity index is 1.54. The molecule has 0 fully saturated rings. The summed E-state index contributed by atoms with van der Waals surface area (Å²) in [6.07, 6.45) is 0.326. The number of anilines is 2. The van der Waals surface area contributed by atoms with Crippen molar-refractivity contribution in [2.45, 2.75) is 30.1 Å². The number of amides is 4. The van der Waals surface area contributed by atoms with E-state index in [9.17, 15) is 36.0 Å². The van der Waals surface area contributed by atoms with E-state index in [1.807, 2.05) is 0 Å². The monoisotopic (exact) mass is 648 g/mol. The minimum atomic E-state index is -4.38. The first-order chi connectivity index (χ1) is 21.1. The third-order valence-corrected chi connectivity index (χ3v) is 10.2. The van der Waals surface area contributed by atoms with Crippen LogP contribution in [0.5, 0.6) is 0 Å². The largest absolute Gasteiger partial charge is 0.350 e. The zero-order valence-electron chi connectivity index (χ0n) is 24.1. The van der Waals surface area contributed by atoms with Crippen molar-refractivity contribution >= 4 is 55.1 Å². The number of nitrogens with zero attached hydrogens (tertiary/aromatic N) is 2. The number of hydrogen-bond donors (Lipinski definition) is 2. The number of sulfonamides is 2. The van der Waals surface area contributed by atoms with Gasteiger partial charge in [0.2, 0.25) is 0 Å². The Hall–Kier alpha value is -5.34. The van der Waals surface area contributed by atoms with E-state index in [0.29, 0.717) is 37.3 Å². The highest BCUT2D eigenvalue weighted by atomic mass is 32.2. The van der Waals surface area contributed by atoms with Crippen LogP contribution in [0, 0.1) is 0 Å². The van der Waals surface area contributed by atoms with Gasteiger partial charge in [0.15, 0.2) is 11.6 Å². The van der Waals surface area contributed by atoms with Crippen LogP contribution in [-0.4, -0.2) is 40.5 Å². The van der Waals surface area contributed by atoms with E-state index >= 15 is 0 Å². The molecular formula is C31H28N4O8S2. The van der Waals surface area contributed by atoms with Crippen molar-refractivity contribution in [2.24, 2.45) is 11.5 Å². The zero-order chi connectivity index (χ0) is 33.1. The second-order valence-electron chi connectivity index (χ2n) is 9.89. The van der Waals surface area contributed by atoms with Gasteiger partial charge in [-0.15, -0.1) is 0 Å². The quantitative estimate of drug-likeness (QED) is 0.238. The molecule has 4 rings (SSSR count). The van der Waals surface area contributed by atoms with Crippen LogP contribution >= 0.6 is 0 Å². The molecule has 4 amide bonds. The van der Waals surface area contributed by atoms with Crippen molar-refractivity contribution in [1.82, 2.24) is 0 Å². The van der Waals surface area contributed by atoms with Crippen LogP contribution in [0.2, 0.25) is 0 Å². The van der Waals surface area contributed by atoms with Crippen LogP contribution < -0.4 is 20.1 Å². The molecule has 0 bridgehead atoms. The van der Waals surface area contributed by atoms with Crippen molar-refractivity contribution < 1.29 is 36.0 Å². The highest BCUT2D eigenvalue weighted by Crippen LogP contribution is 2.27. The van der Waals surface area contributed by atoms with E-state index in [0.717, 1.165) is 0 Å². The molecular weight excluding hydrogens is 620 g/mol. The Labute approximate surface area is 260 Å². The van der Waals surface area contributed by atoms with Crippen LogP contribution in [0.3, 0.4) is 0 Å². The van der Waals surface area contributed by atoms with Crippen LogP contribution in [0.1, 0.15) is 45.7 Å². The Morgan fingerprint density at radius 3 is 1.04 bits per heavy atom. The highest BCUT2D eigenvalue weighted by Gasteiger charge is 2.31. The lowest BCUT2D eigenvalue weighted by Gasteiger charge is -2.21. The molecule has 0 saturated carbocycles. The van der Waals surface area contributed by atoms with E-state index in [4.69, 9.17) is 11.5 Å². The van der Waals surface area contributed by atoms with Crippen LogP contribution in [0.25, 0.3) is 0 Å². The second-order valence-corrected chi connectivity index (χ2v) is 13.5. The van der Waals surface area contributed by atoms with Gasteiger partial charge in [0, 0.05) is 11.1 Å². The third kappa shape index (κ3) is 6.92. The number of hydrogen-bond acceptors (Lipinski definition) is 8. The maximum absolute atomic E-state index is 13.2. The smallest absolute Gasteiger partial charge is 0.333 e. The van der Waals surface area contributed by atoms with E-state index in [2.05, 4.69) is 0 Å². The lowest BCUT2D eigenvalue weighted by atomic mass is 10.0. The molecule has 14 heteroatoms. The fraction of sp³-hybridized carbons (Fsp3) is 0.0968. The predicted octanol–water partition coefficient (Wildman–Crippen LogP) is 4.23. The molecule has 0 saturated heterocycles. The Kier molecular flexibility index (Phi) is 9.21.